The third-order valence-electron chi connectivity index (χ3n) is 3.41. The summed E-state index contributed by atoms with van der Waals surface area (Å²) >= 11 is 0. The van der Waals surface area contributed by atoms with Crippen molar-refractivity contribution in [2.45, 2.75) is 40.2 Å². The summed E-state index contributed by atoms with van der Waals surface area (Å²) in [4.78, 5) is 40.7. The molecule has 7 heteroatoms. The fourth-order valence-electron chi connectivity index (χ4n) is 2.20. The fraction of sp³-hybridized carbons (Fsp3) is 0.800. The molecule has 0 aromatic carbocycles. The second-order valence-corrected chi connectivity index (χ2v) is 6.28. The van der Waals surface area contributed by atoms with E-state index < -0.39 is 11.7 Å². The molecule has 1 aliphatic heterocycles. The molecular weight excluding hydrogens is 286 g/mol. The molecule has 7 nitrogen and oxygen atoms in total. The van der Waals surface area contributed by atoms with Crippen LogP contribution in [0.15, 0.2) is 0 Å². The van der Waals surface area contributed by atoms with Crippen molar-refractivity contribution in [1.29, 1.82) is 0 Å². The highest BCUT2D eigenvalue weighted by Crippen LogP contribution is 2.12. The number of piperazine rings is 1. The number of carbonyl (C=O) groups is 3. The minimum Gasteiger partial charge on any atom is -0.444 e. The first kappa shape index (κ1) is 18.3. The van der Waals surface area contributed by atoms with E-state index in [0.717, 1.165) is 0 Å². The van der Waals surface area contributed by atoms with Crippen LogP contribution < -0.4 is 0 Å². The third-order valence-corrected chi connectivity index (χ3v) is 3.41. The smallest absolute Gasteiger partial charge is 0.410 e. The molecule has 0 aromatic heterocycles. The number of ether oxygens (including phenoxy) is 1. The summed E-state index contributed by atoms with van der Waals surface area (Å²) in [6.45, 7) is 11.2. The van der Waals surface area contributed by atoms with E-state index in [1.807, 2.05) is 13.8 Å². The van der Waals surface area contributed by atoms with Gasteiger partial charge in [0, 0.05) is 26.2 Å². The fourth-order valence-corrected chi connectivity index (χ4v) is 2.20. The van der Waals surface area contributed by atoms with Crippen LogP contribution >= 0.6 is 0 Å². The zero-order chi connectivity index (χ0) is 16.9. The Hall–Kier alpha value is -1.79. The average molecular weight is 313 g/mol. The number of carbonyl (C=O) groups excluding carboxylic acids is 3. The molecule has 1 aliphatic rings. The number of amides is 3. The van der Waals surface area contributed by atoms with Crippen molar-refractivity contribution in [3.8, 4) is 0 Å². The van der Waals surface area contributed by atoms with Crippen molar-refractivity contribution < 1.29 is 19.1 Å². The van der Waals surface area contributed by atoms with Gasteiger partial charge in [-0.2, -0.15) is 0 Å². The van der Waals surface area contributed by atoms with Crippen molar-refractivity contribution in [2.24, 2.45) is 0 Å². The van der Waals surface area contributed by atoms with Crippen molar-refractivity contribution >= 4 is 17.9 Å². The number of hydrogen-bond donors (Lipinski definition) is 0. The lowest BCUT2D eigenvalue weighted by Crippen LogP contribution is -2.55. The molecule has 0 aliphatic carbocycles. The Morgan fingerprint density at radius 2 is 1.77 bits per heavy atom. The van der Waals surface area contributed by atoms with Gasteiger partial charge in [-0.05, 0) is 34.6 Å². The first-order valence-corrected chi connectivity index (χ1v) is 7.71. The highest BCUT2D eigenvalue weighted by Gasteiger charge is 2.31. The molecule has 0 unspecified atom stereocenters. The van der Waals surface area contributed by atoms with Crippen LogP contribution in [0.4, 0.5) is 4.79 Å². The molecule has 0 aromatic rings. The van der Waals surface area contributed by atoms with Crippen LogP contribution in [-0.4, -0.2) is 77.5 Å². The van der Waals surface area contributed by atoms with Crippen molar-refractivity contribution in [1.82, 2.24) is 14.7 Å². The molecule has 0 saturated carbocycles. The Labute approximate surface area is 132 Å². The Morgan fingerprint density at radius 3 is 2.23 bits per heavy atom. The first-order chi connectivity index (χ1) is 10.2. The molecule has 0 radical (unpaired) electrons. The lowest BCUT2D eigenvalue weighted by molar-refractivity contribution is -0.143. The third kappa shape index (κ3) is 5.20. The number of nitrogens with zero attached hydrogens (tertiary/aromatic N) is 3. The van der Waals surface area contributed by atoms with Gasteiger partial charge in [0.2, 0.25) is 11.8 Å². The quantitative estimate of drug-likeness (QED) is 0.774. The standard InChI is InChI=1S/C15H27N3O4/c1-6-16(7-2)12(19)10-17-8-9-18(11-13(17)20)14(21)22-15(3,4)5/h6-11H2,1-5H3. The van der Waals surface area contributed by atoms with Crippen LogP contribution in [0.1, 0.15) is 34.6 Å². The predicted octanol–water partition coefficient (Wildman–Crippen LogP) is 0.934. The van der Waals surface area contributed by atoms with Crippen molar-refractivity contribution in [2.75, 3.05) is 39.3 Å². The Bertz CT molecular complexity index is 427. The van der Waals surface area contributed by atoms with E-state index in [1.165, 1.54) is 9.80 Å². The molecule has 0 spiro atoms. The zero-order valence-electron chi connectivity index (χ0n) is 14.2. The van der Waals surface area contributed by atoms with Crippen LogP contribution in [0, 0.1) is 0 Å². The van der Waals surface area contributed by atoms with E-state index in [4.69, 9.17) is 4.74 Å². The molecule has 126 valence electrons. The second kappa shape index (κ2) is 7.47. The normalized spacial score (nSPS) is 15.8. The Kier molecular flexibility index (Phi) is 6.20. The van der Waals surface area contributed by atoms with Crippen molar-refractivity contribution in [3.63, 3.8) is 0 Å². The van der Waals surface area contributed by atoms with Crippen molar-refractivity contribution in [3.05, 3.63) is 0 Å². The molecule has 0 atom stereocenters. The minimum atomic E-state index is -0.587. The highest BCUT2D eigenvalue weighted by molar-refractivity contribution is 5.88. The number of likely N-dealkylation sites (N-methyl/N-ethyl adjacent to an activating group) is 1. The van der Waals surface area contributed by atoms with Gasteiger partial charge in [-0.15, -0.1) is 0 Å². The Morgan fingerprint density at radius 1 is 1.18 bits per heavy atom. The van der Waals surface area contributed by atoms with Gasteiger partial charge >= 0.3 is 6.09 Å². The minimum absolute atomic E-state index is 0.0412. The summed E-state index contributed by atoms with van der Waals surface area (Å²) in [6, 6.07) is 0. The summed E-state index contributed by atoms with van der Waals surface area (Å²) in [5.41, 5.74) is -0.587. The lowest BCUT2D eigenvalue weighted by Gasteiger charge is -2.35. The predicted molar refractivity (Wildman–Crippen MR) is 82.3 cm³/mol. The van der Waals surface area contributed by atoms with Gasteiger partial charge in [0.1, 0.15) is 12.1 Å². The monoisotopic (exact) mass is 313 g/mol. The summed E-state index contributed by atoms with van der Waals surface area (Å²) in [5, 5.41) is 0. The van der Waals surface area contributed by atoms with Crippen LogP contribution in [0.2, 0.25) is 0 Å². The van der Waals surface area contributed by atoms with Crippen LogP contribution in [0.3, 0.4) is 0 Å². The van der Waals surface area contributed by atoms with E-state index >= 15 is 0 Å². The maximum absolute atomic E-state index is 12.1. The molecular formula is C15H27N3O4. The highest BCUT2D eigenvalue weighted by atomic mass is 16.6. The van der Waals surface area contributed by atoms with E-state index in [2.05, 4.69) is 0 Å². The summed E-state index contributed by atoms with van der Waals surface area (Å²) in [5.74, 6) is -0.290. The van der Waals surface area contributed by atoms with Gasteiger partial charge in [0.15, 0.2) is 0 Å². The molecule has 1 saturated heterocycles. The van der Waals surface area contributed by atoms with Gasteiger partial charge in [-0.25, -0.2) is 4.79 Å². The maximum Gasteiger partial charge on any atom is 0.410 e. The second-order valence-electron chi connectivity index (χ2n) is 6.28. The van der Waals surface area contributed by atoms with Crippen LogP contribution in [0.25, 0.3) is 0 Å². The molecule has 3 amide bonds. The SMILES string of the molecule is CCN(CC)C(=O)CN1CCN(C(=O)OC(C)(C)C)CC1=O. The molecule has 0 bridgehead atoms. The van der Waals surface area contributed by atoms with Gasteiger partial charge in [0.05, 0.1) is 6.54 Å². The molecule has 22 heavy (non-hydrogen) atoms. The van der Waals surface area contributed by atoms with Gasteiger partial charge in [-0.1, -0.05) is 0 Å². The Balaban J connectivity index is 2.54. The van der Waals surface area contributed by atoms with Crippen LogP contribution in [0.5, 0.6) is 0 Å². The summed E-state index contributed by atoms with van der Waals surface area (Å²) in [7, 11) is 0. The van der Waals surface area contributed by atoms with E-state index in [9.17, 15) is 14.4 Å². The molecule has 1 rings (SSSR count). The molecule has 1 heterocycles. The van der Waals surface area contributed by atoms with E-state index in [0.29, 0.717) is 26.2 Å². The van der Waals surface area contributed by atoms with Gasteiger partial charge in [0.25, 0.3) is 0 Å². The van der Waals surface area contributed by atoms with Crippen LogP contribution in [-0.2, 0) is 14.3 Å². The number of hydrogen-bond acceptors (Lipinski definition) is 4. The topological polar surface area (TPSA) is 70.2 Å². The first-order valence-electron chi connectivity index (χ1n) is 7.71. The van der Waals surface area contributed by atoms with Gasteiger partial charge in [-0.3, -0.25) is 14.5 Å². The lowest BCUT2D eigenvalue weighted by atomic mass is 10.2. The van der Waals surface area contributed by atoms with E-state index in [1.54, 1.807) is 25.7 Å². The average Bonchev–Trinajstić information content (AvgIpc) is 2.40. The molecule has 1 fully saturated rings. The largest absolute Gasteiger partial charge is 0.444 e. The summed E-state index contributed by atoms with van der Waals surface area (Å²) in [6.07, 6.45) is -0.490. The molecule has 0 N–H and O–H groups in total. The number of rotatable bonds is 4. The van der Waals surface area contributed by atoms with Gasteiger partial charge < -0.3 is 14.5 Å². The van der Waals surface area contributed by atoms with E-state index in [-0.39, 0.29) is 24.9 Å². The maximum atomic E-state index is 12.1. The summed E-state index contributed by atoms with van der Waals surface area (Å²) < 4.78 is 5.26. The zero-order valence-corrected chi connectivity index (χ0v) is 14.2.